The number of carbonyl (C=O) groups is 1. The molecule has 2 aromatic carbocycles. The Balaban J connectivity index is 1.85. The highest BCUT2D eigenvalue weighted by Gasteiger charge is 2.23. The van der Waals surface area contributed by atoms with E-state index in [0.717, 1.165) is 21.9 Å². The van der Waals surface area contributed by atoms with E-state index < -0.39 is 0 Å². The summed E-state index contributed by atoms with van der Waals surface area (Å²) in [5, 5.41) is 1.14. The number of nitrogens with zero attached hydrogens (tertiary/aromatic N) is 3. The van der Waals surface area contributed by atoms with Gasteiger partial charge < -0.3 is 14.2 Å². The van der Waals surface area contributed by atoms with Crippen LogP contribution in [-0.4, -0.2) is 41.5 Å². The predicted molar refractivity (Wildman–Crippen MR) is 112 cm³/mol. The number of rotatable bonds is 7. The lowest BCUT2D eigenvalue weighted by Gasteiger charge is -2.21. The molecule has 142 valence electrons. The number of methoxy groups -OCH3 is 1. The molecule has 0 saturated heterocycles. The Morgan fingerprint density at radius 1 is 1.30 bits per heavy atom. The van der Waals surface area contributed by atoms with E-state index >= 15 is 0 Å². The highest BCUT2D eigenvalue weighted by molar-refractivity contribution is 8.00. The van der Waals surface area contributed by atoms with E-state index in [-0.39, 0.29) is 11.2 Å². The topological polar surface area (TPSA) is 47.4 Å². The average molecular weight is 404 g/mol. The number of aromatic nitrogens is 2. The lowest BCUT2D eigenvalue weighted by molar-refractivity contribution is -0.117. The average Bonchev–Trinajstić information content (AvgIpc) is 3.01. The highest BCUT2D eigenvalue weighted by atomic mass is 35.5. The van der Waals surface area contributed by atoms with Crippen molar-refractivity contribution in [1.82, 2.24) is 9.55 Å². The molecule has 0 aliphatic carbocycles. The smallest absolute Gasteiger partial charge is 0.240 e. The predicted octanol–water partition coefficient (Wildman–Crippen LogP) is 4.48. The molecule has 0 fully saturated rings. The van der Waals surface area contributed by atoms with E-state index in [1.165, 1.54) is 11.8 Å². The Bertz CT molecular complexity index is 930. The van der Waals surface area contributed by atoms with Crippen molar-refractivity contribution in [2.24, 2.45) is 0 Å². The van der Waals surface area contributed by atoms with Gasteiger partial charge >= 0.3 is 0 Å². The van der Waals surface area contributed by atoms with E-state index in [4.69, 9.17) is 21.3 Å². The Morgan fingerprint density at radius 3 is 2.74 bits per heavy atom. The van der Waals surface area contributed by atoms with Crippen molar-refractivity contribution in [1.29, 1.82) is 0 Å². The van der Waals surface area contributed by atoms with Gasteiger partial charge in [-0.3, -0.25) is 4.79 Å². The first-order chi connectivity index (χ1) is 13.0. The summed E-state index contributed by atoms with van der Waals surface area (Å²) in [6, 6.07) is 15.3. The molecule has 0 aliphatic rings. The number of benzene rings is 2. The number of anilines is 1. The highest BCUT2D eigenvalue weighted by Crippen LogP contribution is 2.30. The third-order valence-electron chi connectivity index (χ3n) is 4.30. The van der Waals surface area contributed by atoms with Crippen LogP contribution < -0.4 is 4.90 Å². The molecule has 0 bridgehead atoms. The molecule has 27 heavy (non-hydrogen) atoms. The maximum atomic E-state index is 12.9. The van der Waals surface area contributed by atoms with Gasteiger partial charge in [0.15, 0.2) is 5.16 Å². The van der Waals surface area contributed by atoms with Crippen molar-refractivity contribution < 1.29 is 9.53 Å². The molecule has 1 heterocycles. The normalized spacial score (nSPS) is 12.3. The molecule has 1 atom stereocenters. The van der Waals surface area contributed by atoms with Gasteiger partial charge in [0.05, 0.1) is 22.9 Å². The van der Waals surface area contributed by atoms with Gasteiger partial charge in [0.1, 0.15) is 0 Å². The number of hydrogen-bond acceptors (Lipinski definition) is 4. The molecule has 0 radical (unpaired) electrons. The van der Waals surface area contributed by atoms with Crippen LogP contribution in [0.3, 0.4) is 0 Å². The van der Waals surface area contributed by atoms with Gasteiger partial charge in [-0.25, -0.2) is 4.98 Å². The Morgan fingerprint density at radius 2 is 2.04 bits per heavy atom. The van der Waals surface area contributed by atoms with Crippen LogP contribution in [0, 0.1) is 0 Å². The van der Waals surface area contributed by atoms with Crippen LogP contribution in [0.15, 0.2) is 53.7 Å². The zero-order valence-electron chi connectivity index (χ0n) is 15.6. The van der Waals surface area contributed by atoms with Crippen LogP contribution >= 0.6 is 23.4 Å². The number of thioether (sulfide) groups is 1. The van der Waals surface area contributed by atoms with Gasteiger partial charge in [-0.2, -0.15) is 0 Å². The van der Waals surface area contributed by atoms with Crippen LogP contribution in [0.4, 0.5) is 5.69 Å². The number of imidazole rings is 1. The number of halogens is 1. The SMILES string of the molecule is COCCn1c(SC(C)C(=O)N(C)c2ccccc2)nc2cc(Cl)ccc21. The third-order valence-corrected chi connectivity index (χ3v) is 5.61. The van der Waals surface area contributed by atoms with Crippen molar-refractivity contribution in [3.63, 3.8) is 0 Å². The Hall–Kier alpha value is -2.02. The fourth-order valence-electron chi connectivity index (χ4n) is 2.83. The molecule has 3 rings (SSSR count). The summed E-state index contributed by atoms with van der Waals surface area (Å²) in [7, 11) is 3.46. The molecule has 1 unspecified atom stereocenters. The van der Waals surface area contributed by atoms with Gasteiger partial charge in [0.25, 0.3) is 0 Å². The van der Waals surface area contributed by atoms with E-state index in [2.05, 4.69) is 4.57 Å². The van der Waals surface area contributed by atoms with E-state index in [1.807, 2.05) is 55.5 Å². The standard InChI is InChI=1S/C20H22ClN3O2S/c1-14(19(25)23(2)16-7-5-4-6-8-16)27-20-22-17-13-15(21)9-10-18(17)24(20)11-12-26-3/h4-10,13-14H,11-12H2,1-3H3. The second-order valence-electron chi connectivity index (χ2n) is 6.16. The van der Waals surface area contributed by atoms with E-state index in [9.17, 15) is 4.79 Å². The first-order valence-corrected chi connectivity index (χ1v) is 9.91. The van der Waals surface area contributed by atoms with Crippen LogP contribution in [0.1, 0.15) is 6.92 Å². The maximum absolute atomic E-state index is 12.9. The second kappa shape index (κ2) is 8.78. The Labute approximate surface area is 168 Å². The summed E-state index contributed by atoms with van der Waals surface area (Å²) < 4.78 is 7.31. The molecule has 0 saturated carbocycles. The molecule has 0 N–H and O–H groups in total. The van der Waals surface area contributed by atoms with Gasteiger partial charge in [-0.05, 0) is 37.3 Å². The van der Waals surface area contributed by atoms with Gasteiger partial charge in [-0.1, -0.05) is 41.6 Å². The third kappa shape index (κ3) is 4.46. The van der Waals surface area contributed by atoms with Crippen molar-refractivity contribution in [3.8, 4) is 0 Å². The number of para-hydroxylation sites is 1. The lowest BCUT2D eigenvalue weighted by Crippen LogP contribution is -2.33. The number of hydrogen-bond donors (Lipinski definition) is 0. The van der Waals surface area contributed by atoms with E-state index in [1.54, 1.807) is 19.1 Å². The fourth-order valence-corrected chi connectivity index (χ4v) is 4.04. The van der Waals surface area contributed by atoms with E-state index in [0.29, 0.717) is 18.2 Å². The van der Waals surface area contributed by atoms with Crippen molar-refractivity contribution in [2.75, 3.05) is 25.7 Å². The minimum Gasteiger partial charge on any atom is -0.383 e. The second-order valence-corrected chi connectivity index (χ2v) is 7.91. The molecule has 0 aliphatic heterocycles. The van der Waals surface area contributed by atoms with Crippen LogP contribution in [0.25, 0.3) is 11.0 Å². The number of amides is 1. The summed E-state index contributed by atoms with van der Waals surface area (Å²) in [6.07, 6.45) is 0. The Kier molecular flexibility index (Phi) is 6.42. The number of carbonyl (C=O) groups excluding carboxylic acids is 1. The molecule has 3 aromatic rings. The molecule has 7 heteroatoms. The fraction of sp³-hybridized carbons (Fsp3) is 0.300. The number of fused-ring (bicyclic) bond motifs is 1. The van der Waals surface area contributed by atoms with Crippen molar-refractivity contribution in [2.45, 2.75) is 23.9 Å². The first-order valence-electron chi connectivity index (χ1n) is 8.65. The zero-order valence-corrected chi connectivity index (χ0v) is 17.1. The maximum Gasteiger partial charge on any atom is 0.240 e. The minimum absolute atomic E-state index is 0.0228. The summed E-state index contributed by atoms with van der Waals surface area (Å²) >= 11 is 7.55. The molecule has 1 amide bonds. The van der Waals surface area contributed by atoms with Crippen molar-refractivity contribution in [3.05, 3.63) is 53.6 Å². The van der Waals surface area contributed by atoms with Gasteiger partial charge in [0, 0.05) is 31.4 Å². The van der Waals surface area contributed by atoms with Crippen LogP contribution in [0.2, 0.25) is 5.02 Å². The van der Waals surface area contributed by atoms with Crippen LogP contribution in [-0.2, 0) is 16.1 Å². The molecular weight excluding hydrogens is 382 g/mol. The molecule has 1 aromatic heterocycles. The quantitative estimate of drug-likeness (QED) is 0.546. The van der Waals surface area contributed by atoms with Crippen molar-refractivity contribution >= 4 is 46.0 Å². The number of ether oxygens (including phenoxy) is 1. The minimum atomic E-state index is -0.288. The molecule has 0 spiro atoms. The summed E-state index contributed by atoms with van der Waals surface area (Å²) in [5.74, 6) is 0.0228. The summed E-state index contributed by atoms with van der Waals surface area (Å²) in [5.41, 5.74) is 2.67. The monoisotopic (exact) mass is 403 g/mol. The summed E-state index contributed by atoms with van der Waals surface area (Å²) in [6.45, 7) is 3.12. The summed E-state index contributed by atoms with van der Waals surface area (Å²) in [4.78, 5) is 19.2. The molecular formula is C20H22ClN3O2S. The molecule has 5 nitrogen and oxygen atoms in total. The largest absolute Gasteiger partial charge is 0.383 e. The lowest BCUT2D eigenvalue weighted by atomic mass is 10.3. The first kappa shape index (κ1) is 19.7. The zero-order chi connectivity index (χ0) is 19.4. The van der Waals surface area contributed by atoms with Gasteiger partial charge in [0.2, 0.25) is 5.91 Å². The van der Waals surface area contributed by atoms with Crippen LogP contribution in [0.5, 0.6) is 0 Å². The van der Waals surface area contributed by atoms with Gasteiger partial charge in [-0.15, -0.1) is 0 Å².